The average molecular weight is 250 g/mol. The van der Waals surface area contributed by atoms with Gasteiger partial charge in [0, 0.05) is 11.8 Å². The number of carbonyl (C=O) groups excluding carboxylic acids is 1. The third-order valence-corrected chi connectivity index (χ3v) is 3.12. The number of rotatable bonds is 6. The van der Waals surface area contributed by atoms with Gasteiger partial charge < -0.3 is 0 Å². The van der Waals surface area contributed by atoms with Gasteiger partial charge in [-0.1, -0.05) is 39.8 Å². The van der Waals surface area contributed by atoms with Gasteiger partial charge in [-0.05, 0) is 36.5 Å². The summed E-state index contributed by atoms with van der Waals surface area (Å²) in [5.74, 6) is 0.699. The molecule has 0 heterocycles. The van der Waals surface area contributed by atoms with Gasteiger partial charge in [0.25, 0.3) is 0 Å². The van der Waals surface area contributed by atoms with Crippen LogP contribution in [0.5, 0.6) is 0 Å². The highest BCUT2D eigenvalue weighted by atomic mass is 19.1. The SMILES string of the molecule is CC(C)C[C@H](Cc1ccc(F)cc1)C(=O)C(C)C. The zero-order valence-electron chi connectivity index (χ0n) is 11.7. The topological polar surface area (TPSA) is 17.1 Å². The minimum Gasteiger partial charge on any atom is -0.299 e. The number of hydrogen-bond donors (Lipinski definition) is 0. The third kappa shape index (κ3) is 4.59. The standard InChI is InChI=1S/C16H23FO/c1-11(2)9-14(16(18)12(3)4)10-13-5-7-15(17)8-6-13/h5-8,11-12,14H,9-10H2,1-4H3/t14-/m1/s1. The summed E-state index contributed by atoms with van der Waals surface area (Å²) in [6, 6.07) is 6.47. The lowest BCUT2D eigenvalue weighted by Crippen LogP contribution is -2.23. The predicted molar refractivity (Wildman–Crippen MR) is 72.9 cm³/mol. The van der Waals surface area contributed by atoms with Gasteiger partial charge >= 0.3 is 0 Å². The summed E-state index contributed by atoms with van der Waals surface area (Å²) < 4.78 is 12.9. The molecule has 100 valence electrons. The molecule has 1 nitrogen and oxygen atoms in total. The summed E-state index contributed by atoms with van der Waals surface area (Å²) in [6.45, 7) is 8.15. The van der Waals surface area contributed by atoms with Crippen LogP contribution in [0.1, 0.15) is 39.7 Å². The second-order valence-electron chi connectivity index (χ2n) is 5.71. The zero-order chi connectivity index (χ0) is 13.7. The predicted octanol–water partition coefficient (Wildman–Crippen LogP) is 4.26. The molecule has 0 radical (unpaired) electrons. The minimum atomic E-state index is -0.227. The van der Waals surface area contributed by atoms with Crippen LogP contribution in [0, 0.1) is 23.6 Å². The molecule has 0 spiro atoms. The van der Waals surface area contributed by atoms with Crippen molar-refractivity contribution in [2.24, 2.45) is 17.8 Å². The molecule has 0 unspecified atom stereocenters. The molecule has 0 aliphatic carbocycles. The van der Waals surface area contributed by atoms with E-state index in [1.807, 2.05) is 13.8 Å². The molecule has 18 heavy (non-hydrogen) atoms. The molecule has 2 heteroatoms. The Labute approximate surface area is 109 Å². The van der Waals surface area contributed by atoms with Crippen molar-refractivity contribution < 1.29 is 9.18 Å². The molecule has 0 saturated carbocycles. The Morgan fingerprint density at radius 2 is 1.67 bits per heavy atom. The quantitative estimate of drug-likeness (QED) is 0.737. The maximum Gasteiger partial charge on any atom is 0.138 e. The molecule has 0 amide bonds. The van der Waals surface area contributed by atoms with Gasteiger partial charge in [-0.15, -0.1) is 0 Å². The Morgan fingerprint density at radius 3 is 2.11 bits per heavy atom. The molecule has 0 saturated heterocycles. The van der Waals surface area contributed by atoms with E-state index >= 15 is 0 Å². The Balaban J connectivity index is 2.77. The van der Waals surface area contributed by atoms with Crippen LogP contribution in [0.25, 0.3) is 0 Å². The fourth-order valence-corrected chi connectivity index (χ4v) is 2.25. The smallest absolute Gasteiger partial charge is 0.138 e. The number of hydrogen-bond acceptors (Lipinski definition) is 1. The van der Waals surface area contributed by atoms with E-state index in [1.165, 1.54) is 12.1 Å². The van der Waals surface area contributed by atoms with Crippen molar-refractivity contribution in [1.82, 2.24) is 0 Å². The van der Waals surface area contributed by atoms with Crippen molar-refractivity contribution in [3.8, 4) is 0 Å². The van der Waals surface area contributed by atoms with E-state index in [0.29, 0.717) is 11.7 Å². The van der Waals surface area contributed by atoms with Crippen LogP contribution >= 0.6 is 0 Å². The maximum atomic E-state index is 12.9. The fraction of sp³-hybridized carbons (Fsp3) is 0.562. The largest absolute Gasteiger partial charge is 0.299 e. The number of halogens is 1. The normalized spacial score (nSPS) is 13.1. The lowest BCUT2D eigenvalue weighted by Gasteiger charge is -2.20. The second kappa shape index (κ2) is 6.67. The maximum absolute atomic E-state index is 12.9. The van der Waals surface area contributed by atoms with E-state index in [2.05, 4.69) is 13.8 Å². The molecule has 1 aromatic carbocycles. The number of carbonyl (C=O) groups is 1. The van der Waals surface area contributed by atoms with E-state index in [9.17, 15) is 9.18 Å². The van der Waals surface area contributed by atoms with Crippen LogP contribution in [0.4, 0.5) is 4.39 Å². The molecule has 0 bridgehead atoms. The molecule has 1 aromatic rings. The first-order chi connectivity index (χ1) is 8.40. The van der Waals surface area contributed by atoms with Gasteiger partial charge in [0.05, 0.1) is 0 Å². The van der Waals surface area contributed by atoms with Crippen molar-refractivity contribution in [2.45, 2.75) is 40.5 Å². The molecule has 1 atom stereocenters. The highest BCUT2D eigenvalue weighted by Crippen LogP contribution is 2.21. The second-order valence-corrected chi connectivity index (χ2v) is 5.71. The first-order valence-electron chi connectivity index (χ1n) is 6.68. The monoisotopic (exact) mass is 250 g/mol. The molecule has 0 fully saturated rings. The molecule has 0 aliphatic rings. The van der Waals surface area contributed by atoms with Crippen LogP contribution in [0.3, 0.4) is 0 Å². The average Bonchev–Trinajstić information content (AvgIpc) is 2.29. The van der Waals surface area contributed by atoms with Gasteiger partial charge in [-0.25, -0.2) is 4.39 Å². The van der Waals surface area contributed by atoms with Crippen molar-refractivity contribution in [2.75, 3.05) is 0 Å². The first-order valence-corrected chi connectivity index (χ1v) is 6.68. The number of Topliss-reactive ketones (excluding diaryl/α,β-unsaturated/α-hetero) is 1. The zero-order valence-corrected chi connectivity index (χ0v) is 11.7. The lowest BCUT2D eigenvalue weighted by molar-refractivity contribution is -0.126. The molecule has 0 N–H and O–H groups in total. The van der Waals surface area contributed by atoms with Crippen LogP contribution in [-0.2, 0) is 11.2 Å². The Hall–Kier alpha value is -1.18. The van der Waals surface area contributed by atoms with Gasteiger partial charge in [0.1, 0.15) is 11.6 Å². The van der Waals surface area contributed by atoms with Gasteiger partial charge in [0.2, 0.25) is 0 Å². The number of ketones is 1. The van der Waals surface area contributed by atoms with Crippen LogP contribution in [0.15, 0.2) is 24.3 Å². The van der Waals surface area contributed by atoms with E-state index in [1.54, 1.807) is 12.1 Å². The highest BCUT2D eigenvalue weighted by Gasteiger charge is 2.22. The molecule has 1 rings (SSSR count). The summed E-state index contributed by atoms with van der Waals surface area (Å²) >= 11 is 0. The van der Waals surface area contributed by atoms with Crippen LogP contribution in [0.2, 0.25) is 0 Å². The highest BCUT2D eigenvalue weighted by molar-refractivity contribution is 5.83. The van der Waals surface area contributed by atoms with E-state index < -0.39 is 0 Å². The third-order valence-electron chi connectivity index (χ3n) is 3.12. The van der Waals surface area contributed by atoms with Crippen LogP contribution in [-0.4, -0.2) is 5.78 Å². The van der Waals surface area contributed by atoms with Crippen molar-refractivity contribution in [1.29, 1.82) is 0 Å². The molecular formula is C16H23FO. The summed E-state index contributed by atoms with van der Waals surface area (Å²) in [7, 11) is 0. The summed E-state index contributed by atoms with van der Waals surface area (Å²) in [5.41, 5.74) is 1.04. The van der Waals surface area contributed by atoms with Crippen molar-refractivity contribution in [3.05, 3.63) is 35.6 Å². The summed E-state index contributed by atoms with van der Waals surface area (Å²) in [6.07, 6.45) is 1.61. The van der Waals surface area contributed by atoms with Gasteiger partial charge in [0.15, 0.2) is 0 Å². The van der Waals surface area contributed by atoms with E-state index in [-0.39, 0.29) is 17.7 Å². The fourth-order valence-electron chi connectivity index (χ4n) is 2.25. The Bertz CT molecular complexity index is 379. The van der Waals surface area contributed by atoms with Gasteiger partial charge in [-0.3, -0.25) is 4.79 Å². The minimum absolute atomic E-state index is 0.0514. The summed E-state index contributed by atoms with van der Waals surface area (Å²) in [4.78, 5) is 12.2. The Morgan fingerprint density at radius 1 is 1.11 bits per heavy atom. The van der Waals surface area contributed by atoms with Gasteiger partial charge in [-0.2, -0.15) is 0 Å². The molecule has 0 aromatic heterocycles. The lowest BCUT2D eigenvalue weighted by atomic mass is 9.84. The van der Waals surface area contributed by atoms with Crippen molar-refractivity contribution in [3.63, 3.8) is 0 Å². The first kappa shape index (κ1) is 14.9. The summed E-state index contributed by atoms with van der Waals surface area (Å²) in [5, 5.41) is 0. The number of benzene rings is 1. The molecule has 0 aliphatic heterocycles. The van der Waals surface area contributed by atoms with Crippen LogP contribution < -0.4 is 0 Å². The molecular weight excluding hydrogens is 227 g/mol. The van der Waals surface area contributed by atoms with E-state index in [0.717, 1.165) is 18.4 Å². The Kier molecular flexibility index (Phi) is 5.52. The van der Waals surface area contributed by atoms with E-state index in [4.69, 9.17) is 0 Å². The van der Waals surface area contributed by atoms with Crippen molar-refractivity contribution >= 4 is 5.78 Å².